The quantitative estimate of drug-likeness (QED) is 0.751. The van der Waals surface area contributed by atoms with Crippen LogP contribution in [0.5, 0.6) is 0 Å². The lowest BCUT2D eigenvalue weighted by Gasteiger charge is -2.06. The smallest absolute Gasteiger partial charge is 0.0314 e. The third-order valence-corrected chi connectivity index (χ3v) is 1.94. The van der Waals surface area contributed by atoms with Crippen LogP contribution in [-0.2, 0) is 6.42 Å². The van der Waals surface area contributed by atoms with Gasteiger partial charge in [-0.05, 0) is 29.5 Å². The lowest BCUT2D eigenvalue weighted by molar-refractivity contribution is 0.647. The first kappa shape index (κ1) is 9.85. The van der Waals surface area contributed by atoms with Crippen LogP contribution in [0.4, 0.5) is 0 Å². The average Bonchev–Trinajstić information content (AvgIpc) is 2.03. The lowest BCUT2D eigenvalue weighted by Crippen LogP contribution is -1.97. The zero-order valence-electron chi connectivity index (χ0n) is 8.38. The summed E-state index contributed by atoms with van der Waals surface area (Å²) in [5.74, 6) is 0.682. The van der Waals surface area contributed by atoms with Crippen LogP contribution in [0.15, 0.2) is 30.8 Å². The molecular formula is C12H17N. The molecule has 0 atom stereocenters. The van der Waals surface area contributed by atoms with Gasteiger partial charge in [-0.25, -0.2) is 0 Å². The summed E-state index contributed by atoms with van der Waals surface area (Å²) < 4.78 is 0. The van der Waals surface area contributed by atoms with E-state index in [1.807, 2.05) is 12.1 Å². The molecule has 1 aromatic carbocycles. The Hall–Kier alpha value is -1.24. The molecule has 0 saturated heterocycles. The molecule has 1 aromatic rings. The largest absolute Gasteiger partial charge is 0.399 e. The van der Waals surface area contributed by atoms with E-state index < -0.39 is 0 Å². The molecule has 0 aromatic heterocycles. The summed E-state index contributed by atoms with van der Waals surface area (Å²) in [5.41, 5.74) is 8.64. The third-order valence-electron chi connectivity index (χ3n) is 1.94. The summed E-state index contributed by atoms with van der Waals surface area (Å²) in [6, 6.07) is 8.27. The molecule has 0 unspecified atom stereocenters. The fraction of sp³-hybridized carbons (Fsp3) is 0.333. The van der Waals surface area contributed by atoms with E-state index in [1.165, 1.54) is 5.56 Å². The lowest BCUT2D eigenvalue weighted by atomic mass is 10.0. The zero-order valence-corrected chi connectivity index (χ0v) is 8.38. The van der Waals surface area contributed by atoms with Crippen LogP contribution in [0.2, 0.25) is 0 Å². The number of hydrogen-bond acceptors (Lipinski definition) is 1. The molecule has 0 amide bonds. The molecule has 13 heavy (non-hydrogen) atoms. The van der Waals surface area contributed by atoms with E-state index >= 15 is 0 Å². The number of rotatable bonds is 3. The zero-order chi connectivity index (χ0) is 9.84. The minimum absolute atomic E-state index is 0.644. The third kappa shape index (κ3) is 2.94. The van der Waals surface area contributed by atoms with Gasteiger partial charge in [-0.15, -0.1) is 0 Å². The highest BCUT2D eigenvalue weighted by atomic mass is 14.6. The van der Waals surface area contributed by atoms with Crippen LogP contribution in [-0.4, -0.2) is 0 Å². The Labute approximate surface area is 80.3 Å². The Morgan fingerprint density at radius 1 is 1.46 bits per heavy atom. The Balaban J connectivity index is 2.85. The van der Waals surface area contributed by atoms with Crippen LogP contribution in [0.3, 0.4) is 0 Å². The van der Waals surface area contributed by atoms with Gasteiger partial charge in [-0.1, -0.05) is 38.6 Å². The summed E-state index contributed by atoms with van der Waals surface area (Å²) in [7, 11) is 0. The molecule has 0 radical (unpaired) electrons. The molecule has 1 heteroatoms. The van der Waals surface area contributed by atoms with Crippen molar-refractivity contribution in [1.82, 2.24) is 0 Å². The maximum Gasteiger partial charge on any atom is 0.0314 e. The maximum absolute atomic E-state index is 5.62. The topological polar surface area (TPSA) is 26.0 Å². The van der Waals surface area contributed by atoms with Crippen molar-refractivity contribution in [3.8, 4) is 0 Å². The van der Waals surface area contributed by atoms with E-state index in [9.17, 15) is 0 Å². The van der Waals surface area contributed by atoms with Crippen molar-refractivity contribution >= 4 is 5.70 Å². The van der Waals surface area contributed by atoms with Gasteiger partial charge in [0.1, 0.15) is 0 Å². The molecule has 1 nitrogen and oxygen atoms in total. The molecule has 0 aliphatic heterocycles. The van der Waals surface area contributed by atoms with Crippen LogP contribution in [0.25, 0.3) is 5.70 Å². The fourth-order valence-corrected chi connectivity index (χ4v) is 1.37. The molecule has 0 bridgehead atoms. The van der Waals surface area contributed by atoms with Crippen molar-refractivity contribution in [2.24, 2.45) is 11.7 Å². The van der Waals surface area contributed by atoms with Gasteiger partial charge in [0.25, 0.3) is 0 Å². The van der Waals surface area contributed by atoms with Crippen molar-refractivity contribution in [3.05, 3.63) is 42.0 Å². The molecule has 0 saturated carbocycles. The molecular weight excluding hydrogens is 158 g/mol. The van der Waals surface area contributed by atoms with Gasteiger partial charge in [0.15, 0.2) is 0 Å². The number of benzene rings is 1. The predicted molar refractivity (Wildman–Crippen MR) is 58.2 cm³/mol. The molecule has 0 heterocycles. The van der Waals surface area contributed by atoms with Crippen LogP contribution in [0, 0.1) is 5.92 Å². The highest BCUT2D eigenvalue weighted by Crippen LogP contribution is 2.13. The van der Waals surface area contributed by atoms with Crippen molar-refractivity contribution in [2.45, 2.75) is 20.3 Å². The summed E-state index contributed by atoms with van der Waals surface area (Å²) in [5, 5.41) is 0. The van der Waals surface area contributed by atoms with Crippen molar-refractivity contribution in [1.29, 1.82) is 0 Å². The minimum Gasteiger partial charge on any atom is -0.399 e. The first-order valence-corrected chi connectivity index (χ1v) is 4.63. The standard InChI is InChI=1S/C12H17N/c1-9(2)7-11-5-4-6-12(8-11)10(3)13/h4-6,8-9H,3,7,13H2,1-2H3. The SMILES string of the molecule is C=C(N)c1cccc(CC(C)C)c1. The second-order valence-electron chi connectivity index (χ2n) is 3.82. The van der Waals surface area contributed by atoms with Gasteiger partial charge in [0.2, 0.25) is 0 Å². The first-order chi connectivity index (χ1) is 6.09. The predicted octanol–water partition coefficient (Wildman–Crippen LogP) is 2.81. The average molecular weight is 175 g/mol. The summed E-state index contributed by atoms with van der Waals surface area (Å²) in [4.78, 5) is 0. The van der Waals surface area contributed by atoms with Crippen molar-refractivity contribution < 1.29 is 0 Å². The van der Waals surface area contributed by atoms with Gasteiger partial charge in [-0.2, -0.15) is 0 Å². The second kappa shape index (κ2) is 4.13. The Morgan fingerprint density at radius 2 is 2.15 bits per heavy atom. The fourth-order valence-electron chi connectivity index (χ4n) is 1.37. The van der Waals surface area contributed by atoms with Gasteiger partial charge in [0, 0.05) is 5.70 Å². The van der Waals surface area contributed by atoms with Crippen molar-refractivity contribution in [3.63, 3.8) is 0 Å². The molecule has 0 aliphatic rings. The molecule has 1 rings (SSSR count). The Morgan fingerprint density at radius 3 is 2.69 bits per heavy atom. The molecule has 70 valence electrons. The van der Waals surface area contributed by atoms with E-state index in [0.717, 1.165) is 12.0 Å². The Bertz CT molecular complexity index is 300. The van der Waals surface area contributed by atoms with Crippen LogP contribution < -0.4 is 5.73 Å². The maximum atomic E-state index is 5.62. The van der Waals surface area contributed by atoms with Gasteiger partial charge >= 0.3 is 0 Å². The molecule has 2 N–H and O–H groups in total. The monoisotopic (exact) mass is 175 g/mol. The Kier molecular flexibility index (Phi) is 3.13. The van der Waals surface area contributed by atoms with Crippen LogP contribution >= 0.6 is 0 Å². The van der Waals surface area contributed by atoms with Crippen molar-refractivity contribution in [2.75, 3.05) is 0 Å². The number of nitrogens with two attached hydrogens (primary N) is 1. The molecule has 0 spiro atoms. The highest BCUT2D eigenvalue weighted by molar-refractivity contribution is 5.60. The van der Waals surface area contributed by atoms with E-state index in [-0.39, 0.29) is 0 Å². The summed E-state index contributed by atoms with van der Waals surface area (Å²) >= 11 is 0. The van der Waals surface area contributed by atoms with E-state index in [0.29, 0.717) is 11.6 Å². The summed E-state index contributed by atoms with van der Waals surface area (Å²) in [6.07, 6.45) is 1.10. The van der Waals surface area contributed by atoms with Gasteiger partial charge < -0.3 is 5.73 Å². The normalized spacial score (nSPS) is 10.4. The molecule has 0 fully saturated rings. The second-order valence-corrected chi connectivity index (χ2v) is 3.82. The van der Waals surface area contributed by atoms with E-state index in [4.69, 9.17) is 5.73 Å². The minimum atomic E-state index is 0.644. The highest BCUT2D eigenvalue weighted by Gasteiger charge is 1.99. The summed E-state index contributed by atoms with van der Waals surface area (Å²) in [6.45, 7) is 8.15. The first-order valence-electron chi connectivity index (χ1n) is 4.63. The van der Waals surface area contributed by atoms with E-state index in [1.54, 1.807) is 0 Å². The van der Waals surface area contributed by atoms with Gasteiger partial charge in [-0.3, -0.25) is 0 Å². The number of hydrogen-bond donors (Lipinski definition) is 1. The van der Waals surface area contributed by atoms with E-state index in [2.05, 4.69) is 32.6 Å². The van der Waals surface area contributed by atoms with Gasteiger partial charge in [0.05, 0.1) is 0 Å². The molecule has 0 aliphatic carbocycles. The van der Waals surface area contributed by atoms with Crippen LogP contribution in [0.1, 0.15) is 25.0 Å².